The molecule has 1 amide bonds. The summed E-state index contributed by atoms with van der Waals surface area (Å²) in [5.41, 5.74) is 7.90. The molecule has 10 heteroatoms. The average molecular weight is 460 g/mol. The van der Waals surface area contributed by atoms with Crippen LogP contribution in [0.2, 0.25) is 10.0 Å². The monoisotopic (exact) mass is 459 g/mol. The van der Waals surface area contributed by atoms with E-state index in [0.29, 0.717) is 55.7 Å². The van der Waals surface area contributed by atoms with E-state index in [9.17, 15) is 4.79 Å². The lowest BCUT2D eigenvalue weighted by molar-refractivity contribution is -0.115. The van der Waals surface area contributed by atoms with Gasteiger partial charge in [-0.25, -0.2) is 4.68 Å². The number of carbonyl (C=O) groups excluding carboxylic acids is 1. The summed E-state index contributed by atoms with van der Waals surface area (Å²) >= 11 is 12.4. The van der Waals surface area contributed by atoms with Crippen molar-refractivity contribution in [3.05, 3.63) is 63.3 Å². The molecule has 0 bridgehead atoms. The number of anilines is 1. The van der Waals surface area contributed by atoms with Crippen LogP contribution in [0.25, 0.3) is 11.4 Å². The van der Waals surface area contributed by atoms with Gasteiger partial charge in [0.15, 0.2) is 5.82 Å². The fourth-order valence-electron chi connectivity index (χ4n) is 3.60. The minimum atomic E-state index is -0.689. The van der Waals surface area contributed by atoms with Crippen LogP contribution in [0.3, 0.4) is 0 Å². The number of halogens is 2. The number of nitrogens with zero attached hydrogens (tertiary/aromatic N) is 3. The number of hydrogen-bond acceptors (Lipinski definition) is 6. The maximum atomic E-state index is 12.4. The second kappa shape index (κ2) is 8.13. The topological polar surface area (TPSA) is 104 Å². The van der Waals surface area contributed by atoms with Gasteiger partial charge in [-0.2, -0.15) is 4.98 Å². The van der Waals surface area contributed by atoms with Gasteiger partial charge in [-0.1, -0.05) is 23.2 Å². The molecule has 1 atom stereocenters. The highest BCUT2D eigenvalue weighted by Crippen LogP contribution is 2.41. The van der Waals surface area contributed by atoms with Crippen molar-refractivity contribution in [3.63, 3.8) is 0 Å². The Balaban J connectivity index is 1.94. The molecule has 1 aromatic heterocycles. The molecule has 2 heterocycles. The highest BCUT2D eigenvalue weighted by Gasteiger charge is 2.35. The summed E-state index contributed by atoms with van der Waals surface area (Å²) in [5, 5.41) is 8.66. The molecule has 0 saturated carbocycles. The number of aromatic nitrogens is 3. The van der Waals surface area contributed by atoms with Crippen molar-refractivity contribution in [2.75, 3.05) is 19.5 Å². The lowest BCUT2D eigenvalue weighted by Gasteiger charge is -2.28. The van der Waals surface area contributed by atoms with Crippen LogP contribution in [0.5, 0.6) is 11.5 Å². The van der Waals surface area contributed by atoms with Gasteiger partial charge in [-0.05, 0) is 43.3 Å². The zero-order chi connectivity index (χ0) is 22.3. The number of allylic oxidation sites excluding steroid dienone is 1. The number of hydrogen-bond donors (Lipinski definition) is 2. The molecule has 1 aliphatic rings. The molecule has 0 saturated heterocycles. The van der Waals surface area contributed by atoms with Crippen molar-refractivity contribution >= 4 is 35.1 Å². The average Bonchev–Trinajstić information content (AvgIpc) is 3.15. The first kappa shape index (κ1) is 21.0. The summed E-state index contributed by atoms with van der Waals surface area (Å²) in [7, 11) is 3.11. The quantitative estimate of drug-likeness (QED) is 0.596. The number of carbonyl (C=O) groups is 1. The van der Waals surface area contributed by atoms with Gasteiger partial charge < -0.3 is 20.5 Å². The van der Waals surface area contributed by atoms with Crippen molar-refractivity contribution < 1.29 is 14.3 Å². The molecule has 0 radical (unpaired) electrons. The van der Waals surface area contributed by atoms with E-state index in [1.165, 1.54) is 0 Å². The van der Waals surface area contributed by atoms with Crippen molar-refractivity contribution in [2.24, 2.45) is 5.73 Å². The molecular weight excluding hydrogens is 441 g/mol. The van der Waals surface area contributed by atoms with Gasteiger partial charge in [-0.3, -0.25) is 4.79 Å². The Morgan fingerprint density at radius 2 is 1.94 bits per heavy atom. The fourth-order valence-corrected chi connectivity index (χ4v) is 4.09. The molecule has 8 nitrogen and oxygen atoms in total. The lowest BCUT2D eigenvalue weighted by atomic mass is 9.94. The summed E-state index contributed by atoms with van der Waals surface area (Å²) in [6, 6.07) is 9.69. The maximum Gasteiger partial charge on any atom is 0.248 e. The summed E-state index contributed by atoms with van der Waals surface area (Å²) < 4.78 is 12.5. The maximum absolute atomic E-state index is 12.4. The molecule has 1 unspecified atom stereocenters. The van der Waals surface area contributed by atoms with Crippen LogP contribution in [0, 0.1) is 0 Å². The van der Waals surface area contributed by atoms with E-state index >= 15 is 0 Å². The summed E-state index contributed by atoms with van der Waals surface area (Å²) in [6.45, 7) is 1.76. The second-order valence-corrected chi connectivity index (χ2v) is 7.71. The van der Waals surface area contributed by atoms with Crippen LogP contribution in [-0.2, 0) is 4.79 Å². The predicted octanol–water partition coefficient (Wildman–Crippen LogP) is 4.04. The van der Waals surface area contributed by atoms with Crippen molar-refractivity contribution in [1.82, 2.24) is 14.8 Å². The zero-order valence-corrected chi connectivity index (χ0v) is 18.5. The number of benzene rings is 2. The zero-order valence-electron chi connectivity index (χ0n) is 16.9. The SMILES string of the molecule is COc1ccc(OC)c(C2C(C(N)=O)=C(C)Nc3nc(-c4ccc(Cl)cc4Cl)nn32)c1. The van der Waals surface area contributed by atoms with Gasteiger partial charge in [0, 0.05) is 21.8 Å². The molecule has 2 aromatic carbocycles. The van der Waals surface area contributed by atoms with Crippen LogP contribution in [0.1, 0.15) is 18.5 Å². The minimum Gasteiger partial charge on any atom is -0.497 e. The van der Waals surface area contributed by atoms with Gasteiger partial charge in [0.05, 0.1) is 24.8 Å². The Kier molecular flexibility index (Phi) is 5.51. The van der Waals surface area contributed by atoms with Crippen molar-refractivity contribution in [3.8, 4) is 22.9 Å². The van der Waals surface area contributed by atoms with Crippen LogP contribution >= 0.6 is 23.2 Å². The first-order chi connectivity index (χ1) is 14.8. The summed E-state index contributed by atoms with van der Waals surface area (Å²) in [4.78, 5) is 17.0. The van der Waals surface area contributed by atoms with E-state index < -0.39 is 11.9 Å². The standard InChI is InChI=1S/C21H19Cl2N5O3/c1-10-17(19(24)29)18(14-9-12(30-2)5-7-16(14)31-3)28-21(25-10)26-20(27-28)13-6-4-11(22)8-15(13)23/h4-9,18H,1-3H3,(H2,24,29)(H,25,26,27). The van der Waals surface area contributed by atoms with Crippen molar-refractivity contribution in [1.29, 1.82) is 0 Å². The molecular formula is C21H19Cl2N5O3. The molecule has 3 N–H and O–H groups in total. The van der Waals surface area contributed by atoms with Crippen LogP contribution < -0.4 is 20.5 Å². The van der Waals surface area contributed by atoms with Crippen LogP contribution in [0.4, 0.5) is 5.95 Å². The van der Waals surface area contributed by atoms with E-state index in [1.54, 1.807) is 62.2 Å². The van der Waals surface area contributed by atoms with Crippen LogP contribution in [0.15, 0.2) is 47.7 Å². The number of nitrogens with one attached hydrogen (secondary N) is 1. The Bertz CT molecular complexity index is 1220. The predicted molar refractivity (Wildman–Crippen MR) is 119 cm³/mol. The van der Waals surface area contributed by atoms with Gasteiger partial charge in [0.1, 0.15) is 17.5 Å². The van der Waals surface area contributed by atoms with Crippen molar-refractivity contribution in [2.45, 2.75) is 13.0 Å². The molecule has 31 heavy (non-hydrogen) atoms. The largest absolute Gasteiger partial charge is 0.497 e. The van der Waals surface area contributed by atoms with Crippen LogP contribution in [-0.4, -0.2) is 34.9 Å². The molecule has 0 spiro atoms. The van der Waals surface area contributed by atoms with E-state index in [1.807, 2.05) is 0 Å². The Hall–Kier alpha value is -3.23. The van der Waals surface area contributed by atoms with E-state index in [0.717, 1.165) is 0 Å². The molecule has 0 aliphatic carbocycles. The van der Waals surface area contributed by atoms with Gasteiger partial charge in [-0.15, -0.1) is 5.10 Å². The van der Waals surface area contributed by atoms with Gasteiger partial charge >= 0.3 is 0 Å². The minimum absolute atomic E-state index is 0.331. The normalized spacial score (nSPS) is 15.3. The number of methoxy groups -OCH3 is 2. The van der Waals surface area contributed by atoms with Gasteiger partial charge in [0.2, 0.25) is 11.9 Å². The smallest absolute Gasteiger partial charge is 0.248 e. The van der Waals surface area contributed by atoms with E-state index in [-0.39, 0.29) is 0 Å². The highest BCUT2D eigenvalue weighted by molar-refractivity contribution is 6.36. The Morgan fingerprint density at radius 1 is 1.16 bits per heavy atom. The number of ether oxygens (including phenoxy) is 2. The van der Waals surface area contributed by atoms with Gasteiger partial charge in [0.25, 0.3) is 0 Å². The van der Waals surface area contributed by atoms with E-state index in [4.69, 9.17) is 38.4 Å². The third-order valence-electron chi connectivity index (χ3n) is 5.02. The molecule has 3 aromatic rings. The summed E-state index contributed by atoms with van der Waals surface area (Å²) in [5.74, 6) is 1.35. The number of fused-ring (bicyclic) bond motifs is 1. The summed E-state index contributed by atoms with van der Waals surface area (Å²) in [6.07, 6.45) is 0. The number of primary amides is 1. The fraction of sp³-hybridized carbons (Fsp3) is 0.190. The first-order valence-electron chi connectivity index (χ1n) is 9.25. The number of nitrogens with two attached hydrogens (primary N) is 1. The number of amides is 1. The second-order valence-electron chi connectivity index (χ2n) is 6.87. The Labute approximate surface area is 188 Å². The lowest BCUT2D eigenvalue weighted by Crippen LogP contribution is -2.32. The molecule has 1 aliphatic heterocycles. The first-order valence-corrected chi connectivity index (χ1v) is 10.0. The third kappa shape index (κ3) is 3.68. The molecule has 0 fully saturated rings. The number of rotatable bonds is 5. The molecule has 4 rings (SSSR count). The highest BCUT2D eigenvalue weighted by atomic mass is 35.5. The van der Waals surface area contributed by atoms with E-state index in [2.05, 4.69) is 15.4 Å². The Morgan fingerprint density at radius 3 is 2.58 bits per heavy atom. The molecule has 160 valence electrons. The third-order valence-corrected chi connectivity index (χ3v) is 5.57.